The van der Waals surface area contributed by atoms with E-state index in [0.29, 0.717) is 13.1 Å². The summed E-state index contributed by atoms with van der Waals surface area (Å²) in [5, 5.41) is 17.1. The molecule has 0 atom stereocenters. The van der Waals surface area contributed by atoms with Crippen LogP contribution in [0.1, 0.15) is 39.5 Å². The van der Waals surface area contributed by atoms with E-state index in [4.69, 9.17) is 5.11 Å². The number of carbonyl (C=O) groups excluding carboxylic acids is 1. The third-order valence-corrected chi connectivity index (χ3v) is 4.53. The van der Waals surface area contributed by atoms with Crippen LogP contribution < -0.4 is 4.90 Å². The van der Waals surface area contributed by atoms with E-state index in [9.17, 15) is 9.59 Å². The monoisotopic (exact) mass is 356 g/mol. The van der Waals surface area contributed by atoms with Crippen molar-refractivity contribution in [3.63, 3.8) is 0 Å². The third-order valence-electron chi connectivity index (χ3n) is 4.53. The normalized spacial score (nSPS) is 14.9. The van der Waals surface area contributed by atoms with E-state index in [1.807, 2.05) is 26.1 Å². The van der Waals surface area contributed by atoms with Crippen LogP contribution in [0, 0.1) is 6.92 Å². The third kappa shape index (κ3) is 3.76. The maximum absolute atomic E-state index is 12.5. The fraction of sp³-hybridized carbons (Fsp3) is 0.412. The molecule has 0 bridgehead atoms. The Morgan fingerprint density at radius 3 is 2.31 bits per heavy atom. The number of rotatable bonds is 4. The van der Waals surface area contributed by atoms with Crippen LogP contribution in [0.3, 0.4) is 0 Å². The molecule has 1 N–H and O–H groups in total. The van der Waals surface area contributed by atoms with E-state index in [2.05, 4.69) is 25.1 Å². The molecule has 3 heterocycles. The van der Waals surface area contributed by atoms with E-state index in [1.54, 1.807) is 4.90 Å². The van der Waals surface area contributed by atoms with Crippen LogP contribution in [0.25, 0.3) is 0 Å². The maximum Gasteiger partial charge on any atom is 0.356 e. The maximum atomic E-state index is 12.5. The Morgan fingerprint density at radius 2 is 1.77 bits per heavy atom. The SMILES string of the molecule is Cc1ccc(N(C)C2CCN(C(=O)c3cnc(C(=O)O)cn3)CC2)nn1. The number of carboxylic acid groups (broad SMARTS) is 1. The fourth-order valence-corrected chi connectivity index (χ4v) is 2.93. The minimum atomic E-state index is -1.17. The van der Waals surface area contributed by atoms with Gasteiger partial charge in [0.1, 0.15) is 5.69 Å². The Labute approximate surface area is 150 Å². The molecule has 0 unspecified atom stereocenters. The van der Waals surface area contributed by atoms with Gasteiger partial charge in [-0.3, -0.25) is 4.79 Å². The number of carboxylic acids is 1. The molecule has 0 aromatic carbocycles. The van der Waals surface area contributed by atoms with Crippen molar-refractivity contribution in [2.45, 2.75) is 25.8 Å². The predicted octanol–water partition coefficient (Wildman–Crippen LogP) is 1.01. The first-order valence-corrected chi connectivity index (χ1v) is 8.33. The Morgan fingerprint density at radius 1 is 1.12 bits per heavy atom. The molecule has 3 rings (SSSR count). The van der Waals surface area contributed by atoms with Crippen LogP contribution in [0.5, 0.6) is 0 Å². The van der Waals surface area contributed by atoms with Crippen LogP contribution >= 0.6 is 0 Å². The van der Waals surface area contributed by atoms with Gasteiger partial charge < -0.3 is 14.9 Å². The average Bonchev–Trinajstić information content (AvgIpc) is 2.67. The topological polar surface area (TPSA) is 112 Å². The molecule has 9 heteroatoms. The van der Waals surface area contributed by atoms with E-state index in [-0.39, 0.29) is 23.3 Å². The summed E-state index contributed by atoms with van der Waals surface area (Å²) in [6.45, 7) is 3.08. The van der Waals surface area contributed by atoms with Gasteiger partial charge in [0.15, 0.2) is 11.5 Å². The molecule has 9 nitrogen and oxygen atoms in total. The lowest BCUT2D eigenvalue weighted by molar-refractivity contribution is 0.0679. The molecule has 0 aliphatic carbocycles. The largest absolute Gasteiger partial charge is 0.476 e. The number of aromatic carboxylic acids is 1. The van der Waals surface area contributed by atoms with Gasteiger partial charge in [0.05, 0.1) is 18.1 Å². The Hall–Kier alpha value is -3.10. The second kappa shape index (κ2) is 7.42. The smallest absolute Gasteiger partial charge is 0.356 e. The number of piperidine rings is 1. The lowest BCUT2D eigenvalue weighted by Crippen LogP contribution is -2.46. The van der Waals surface area contributed by atoms with Gasteiger partial charge in [-0.05, 0) is 31.9 Å². The summed E-state index contributed by atoms with van der Waals surface area (Å²) in [5.74, 6) is -0.583. The van der Waals surface area contributed by atoms with Crippen LogP contribution in [-0.2, 0) is 0 Å². The van der Waals surface area contributed by atoms with E-state index < -0.39 is 5.97 Å². The van der Waals surface area contributed by atoms with Crippen molar-refractivity contribution < 1.29 is 14.7 Å². The number of hydrogen-bond donors (Lipinski definition) is 1. The number of nitrogens with zero attached hydrogens (tertiary/aromatic N) is 6. The molecule has 0 radical (unpaired) electrons. The molecule has 2 aromatic rings. The number of hydrogen-bond acceptors (Lipinski definition) is 7. The van der Waals surface area contributed by atoms with E-state index >= 15 is 0 Å². The lowest BCUT2D eigenvalue weighted by atomic mass is 10.0. The van der Waals surface area contributed by atoms with Crippen LogP contribution in [0.2, 0.25) is 0 Å². The van der Waals surface area contributed by atoms with Crippen LogP contribution in [0.15, 0.2) is 24.5 Å². The Bertz CT molecular complexity index is 785. The van der Waals surface area contributed by atoms with Crippen molar-refractivity contribution >= 4 is 17.7 Å². The van der Waals surface area contributed by atoms with Crippen molar-refractivity contribution in [2.24, 2.45) is 0 Å². The number of anilines is 1. The molecular formula is C17H20N6O3. The molecule has 26 heavy (non-hydrogen) atoms. The van der Waals surface area contributed by atoms with Gasteiger partial charge in [0.2, 0.25) is 0 Å². The highest BCUT2D eigenvalue weighted by Gasteiger charge is 2.27. The highest BCUT2D eigenvalue weighted by Crippen LogP contribution is 2.21. The molecule has 1 fully saturated rings. The number of amides is 1. The van der Waals surface area contributed by atoms with Gasteiger partial charge in [0.25, 0.3) is 5.91 Å². The van der Waals surface area contributed by atoms with Gasteiger partial charge >= 0.3 is 5.97 Å². The minimum absolute atomic E-state index is 0.159. The van der Waals surface area contributed by atoms with Crippen molar-refractivity contribution in [2.75, 3.05) is 25.0 Å². The summed E-state index contributed by atoms with van der Waals surface area (Å²) < 4.78 is 0. The van der Waals surface area contributed by atoms with Crippen molar-refractivity contribution in [3.8, 4) is 0 Å². The summed E-state index contributed by atoms with van der Waals surface area (Å²) in [6, 6.07) is 4.15. The standard InChI is InChI=1S/C17H20N6O3/c1-11-3-4-15(21-20-11)22(2)12-5-7-23(8-6-12)16(24)13-9-19-14(10-18-13)17(25)26/h3-4,9-10,12H,5-8H2,1-2H3,(H,25,26). The van der Waals surface area contributed by atoms with Gasteiger partial charge in [0, 0.05) is 26.2 Å². The van der Waals surface area contributed by atoms with Gasteiger partial charge in [-0.2, -0.15) is 5.10 Å². The van der Waals surface area contributed by atoms with Gasteiger partial charge in [-0.1, -0.05) is 0 Å². The van der Waals surface area contributed by atoms with E-state index in [0.717, 1.165) is 30.6 Å². The van der Waals surface area contributed by atoms with Gasteiger partial charge in [-0.25, -0.2) is 14.8 Å². The zero-order chi connectivity index (χ0) is 18.7. The lowest BCUT2D eigenvalue weighted by Gasteiger charge is -2.37. The zero-order valence-electron chi connectivity index (χ0n) is 14.7. The second-order valence-electron chi connectivity index (χ2n) is 6.26. The first-order valence-electron chi connectivity index (χ1n) is 8.33. The highest BCUT2D eigenvalue weighted by molar-refractivity contribution is 5.92. The van der Waals surface area contributed by atoms with Gasteiger partial charge in [-0.15, -0.1) is 5.10 Å². The molecule has 0 spiro atoms. The molecule has 1 aliphatic rings. The summed E-state index contributed by atoms with van der Waals surface area (Å²) in [5.41, 5.74) is 0.852. The van der Waals surface area contributed by atoms with Crippen molar-refractivity contribution in [3.05, 3.63) is 41.6 Å². The number of aryl methyl sites for hydroxylation is 1. The van der Waals surface area contributed by atoms with Crippen molar-refractivity contribution in [1.29, 1.82) is 0 Å². The van der Waals surface area contributed by atoms with Crippen LogP contribution in [-0.4, -0.2) is 68.2 Å². The summed E-state index contributed by atoms with van der Waals surface area (Å²) in [4.78, 5) is 34.8. The first-order chi connectivity index (χ1) is 12.5. The molecular weight excluding hydrogens is 336 g/mol. The molecule has 2 aromatic heterocycles. The zero-order valence-corrected chi connectivity index (χ0v) is 14.7. The summed E-state index contributed by atoms with van der Waals surface area (Å²) >= 11 is 0. The molecule has 1 amide bonds. The Balaban J connectivity index is 1.59. The fourth-order valence-electron chi connectivity index (χ4n) is 2.93. The molecule has 0 saturated carbocycles. The first kappa shape index (κ1) is 17.7. The number of likely N-dealkylation sites (tertiary alicyclic amines) is 1. The van der Waals surface area contributed by atoms with E-state index in [1.165, 1.54) is 6.20 Å². The summed E-state index contributed by atoms with van der Waals surface area (Å²) in [7, 11) is 1.98. The quantitative estimate of drug-likeness (QED) is 0.864. The second-order valence-corrected chi connectivity index (χ2v) is 6.26. The number of carbonyl (C=O) groups is 2. The van der Waals surface area contributed by atoms with Crippen molar-refractivity contribution in [1.82, 2.24) is 25.1 Å². The molecule has 1 aliphatic heterocycles. The highest BCUT2D eigenvalue weighted by atomic mass is 16.4. The van der Waals surface area contributed by atoms with Crippen LogP contribution in [0.4, 0.5) is 5.82 Å². The molecule has 1 saturated heterocycles. The summed E-state index contributed by atoms with van der Waals surface area (Å²) in [6.07, 6.45) is 3.93. The minimum Gasteiger partial charge on any atom is -0.476 e. The molecule has 136 valence electrons. The number of aromatic nitrogens is 4. The average molecular weight is 356 g/mol. The Kier molecular flexibility index (Phi) is 5.06. The predicted molar refractivity (Wildman–Crippen MR) is 93.1 cm³/mol.